The van der Waals surface area contributed by atoms with Gasteiger partial charge in [-0.25, -0.2) is 4.79 Å². The Morgan fingerprint density at radius 3 is 1.88 bits per heavy atom. The summed E-state index contributed by atoms with van der Waals surface area (Å²) >= 11 is 0. The van der Waals surface area contributed by atoms with E-state index in [1.165, 1.54) is 0 Å². The Morgan fingerprint density at radius 2 is 1.46 bits per heavy atom. The Hall–Kier alpha value is -2.82. The van der Waals surface area contributed by atoms with Crippen LogP contribution < -0.4 is 4.90 Å². The van der Waals surface area contributed by atoms with E-state index in [1.807, 2.05) is 67.6 Å². The van der Waals surface area contributed by atoms with Crippen molar-refractivity contribution in [2.45, 2.75) is 6.92 Å². The summed E-state index contributed by atoms with van der Waals surface area (Å²) in [7, 11) is 0. The number of para-hydroxylation sites is 2. The fraction of sp³-hybridized carbons (Fsp3) is 0.263. The van der Waals surface area contributed by atoms with E-state index in [-0.39, 0.29) is 18.5 Å². The number of urea groups is 1. The van der Waals surface area contributed by atoms with E-state index < -0.39 is 11.9 Å². The third-order valence-corrected chi connectivity index (χ3v) is 4.42. The zero-order chi connectivity index (χ0) is 17.1. The number of rotatable bonds is 3. The first kappa shape index (κ1) is 16.1. The van der Waals surface area contributed by atoms with E-state index in [0.29, 0.717) is 6.54 Å². The summed E-state index contributed by atoms with van der Waals surface area (Å²) in [6.07, 6.45) is 0. The van der Waals surface area contributed by atoms with Gasteiger partial charge in [-0.15, -0.1) is 0 Å². The van der Waals surface area contributed by atoms with Gasteiger partial charge in [0.25, 0.3) is 0 Å². The lowest BCUT2D eigenvalue weighted by molar-refractivity contribution is -0.142. The first-order chi connectivity index (χ1) is 11.6. The maximum absolute atomic E-state index is 13.1. The molecule has 0 unspecified atom stereocenters. The van der Waals surface area contributed by atoms with E-state index in [1.54, 1.807) is 9.80 Å². The highest BCUT2D eigenvalue weighted by molar-refractivity contribution is 5.99. The van der Waals surface area contributed by atoms with Gasteiger partial charge in [-0.1, -0.05) is 43.3 Å². The van der Waals surface area contributed by atoms with Crippen molar-refractivity contribution < 1.29 is 14.7 Å². The molecule has 0 bridgehead atoms. The summed E-state index contributed by atoms with van der Waals surface area (Å²) in [4.78, 5) is 27.7. The van der Waals surface area contributed by atoms with Gasteiger partial charge in [0.1, 0.15) is 0 Å². The van der Waals surface area contributed by atoms with E-state index in [9.17, 15) is 14.7 Å². The minimum Gasteiger partial charge on any atom is -0.481 e. The molecule has 0 radical (unpaired) electrons. The van der Waals surface area contributed by atoms with Crippen LogP contribution in [0.25, 0.3) is 0 Å². The molecular weight excluding hydrogens is 304 g/mol. The smallest absolute Gasteiger partial charge is 0.329 e. The molecule has 3 rings (SSSR count). The van der Waals surface area contributed by atoms with Crippen LogP contribution in [0.3, 0.4) is 0 Å². The minimum absolute atomic E-state index is 0.0557. The van der Waals surface area contributed by atoms with Gasteiger partial charge in [0, 0.05) is 13.1 Å². The molecule has 1 aliphatic rings. The summed E-state index contributed by atoms with van der Waals surface area (Å²) in [5.74, 6) is -1.41. The van der Waals surface area contributed by atoms with Gasteiger partial charge in [-0.2, -0.15) is 0 Å². The molecule has 1 saturated heterocycles. The second-order valence-electron chi connectivity index (χ2n) is 6.12. The lowest BCUT2D eigenvalue weighted by Gasteiger charge is -2.28. The van der Waals surface area contributed by atoms with Crippen LogP contribution in [0.2, 0.25) is 0 Å². The van der Waals surface area contributed by atoms with E-state index in [2.05, 4.69) is 0 Å². The van der Waals surface area contributed by atoms with Gasteiger partial charge in [0.15, 0.2) is 0 Å². The largest absolute Gasteiger partial charge is 0.481 e. The standard InChI is InChI=1S/C19H20N2O3/c1-14-12-20(13-17(14)18(22)23)19(24)21(15-8-4-2-5-9-15)16-10-6-3-7-11-16/h2-11,14,17H,12-13H2,1H3,(H,22,23)/t14-,17-/m1/s1. The summed E-state index contributed by atoms with van der Waals surface area (Å²) in [5.41, 5.74) is 1.53. The lowest BCUT2D eigenvalue weighted by Crippen LogP contribution is -2.40. The van der Waals surface area contributed by atoms with Crippen LogP contribution in [0.4, 0.5) is 16.2 Å². The quantitative estimate of drug-likeness (QED) is 0.938. The average molecular weight is 324 g/mol. The van der Waals surface area contributed by atoms with E-state index in [4.69, 9.17) is 0 Å². The van der Waals surface area contributed by atoms with Crippen LogP contribution in [-0.4, -0.2) is 35.1 Å². The van der Waals surface area contributed by atoms with Crippen LogP contribution >= 0.6 is 0 Å². The van der Waals surface area contributed by atoms with Crippen molar-refractivity contribution in [3.8, 4) is 0 Å². The average Bonchev–Trinajstić information content (AvgIpc) is 2.99. The van der Waals surface area contributed by atoms with Crippen molar-refractivity contribution in [1.82, 2.24) is 4.90 Å². The first-order valence-corrected chi connectivity index (χ1v) is 8.00. The number of likely N-dealkylation sites (tertiary alicyclic amines) is 1. The maximum Gasteiger partial charge on any atom is 0.329 e. The predicted molar refractivity (Wildman–Crippen MR) is 92.3 cm³/mol. The lowest BCUT2D eigenvalue weighted by atomic mass is 9.99. The second-order valence-corrected chi connectivity index (χ2v) is 6.12. The van der Waals surface area contributed by atoms with Crippen molar-refractivity contribution in [3.63, 3.8) is 0 Å². The van der Waals surface area contributed by atoms with Crippen molar-refractivity contribution in [2.75, 3.05) is 18.0 Å². The molecule has 2 atom stereocenters. The normalized spacial score (nSPS) is 20.0. The molecule has 2 amide bonds. The van der Waals surface area contributed by atoms with Crippen LogP contribution in [0, 0.1) is 11.8 Å². The Kier molecular flexibility index (Phi) is 4.51. The van der Waals surface area contributed by atoms with Crippen LogP contribution in [0.5, 0.6) is 0 Å². The fourth-order valence-electron chi connectivity index (χ4n) is 3.11. The van der Waals surface area contributed by atoms with Crippen molar-refractivity contribution in [3.05, 3.63) is 60.7 Å². The Labute approximate surface area is 141 Å². The van der Waals surface area contributed by atoms with Gasteiger partial charge >= 0.3 is 12.0 Å². The van der Waals surface area contributed by atoms with Crippen molar-refractivity contribution in [2.24, 2.45) is 11.8 Å². The van der Waals surface area contributed by atoms with Crippen LogP contribution in [0.15, 0.2) is 60.7 Å². The molecule has 2 aromatic carbocycles. The number of aliphatic carboxylic acids is 1. The molecule has 1 aliphatic heterocycles. The number of nitrogens with zero attached hydrogens (tertiary/aromatic N) is 2. The monoisotopic (exact) mass is 324 g/mol. The second kappa shape index (κ2) is 6.74. The van der Waals surface area contributed by atoms with Gasteiger partial charge < -0.3 is 10.0 Å². The van der Waals surface area contributed by atoms with Crippen LogP contribution in [0.1, 0.15) is 6.92 Å². The number of hydrogen-bond acceptors (Lipinski definition) is 2. The molecule has 0 aromatic heterocycles. The Morgan fingerprint density at radius 1 is 0.958 bits per heavy atom. The molecule has 5 heteroatoms. The number of carboxylic acid groups (broad SMARTS) is 1. The van der Waals surface area contributed by atoms with Gasteiger partial charge in [-0.05, 0) is 30.2 Å². The highest BCUT2D eigenvalue weighted by atomic mass is 16.4. The Balaban J connectivity index is 1.92. The summed E-state index contributed by atoms with van der Waals surface area (Å²) in [5, 5.41) is 9.30. The van der Waals surface area contributed by atoms with Gasteiger partial charge in [0.2, 0.25) is 0 Å². The maximum atomic E-state index is 13.1. The zero-order valence-corrected chi connectivity index (χ0v) is 13.5. The third-order valence-electron chi connectivity index (χ3n) is 4.42. The number of amides is 2. The number of carboxylic acids is 1. The number of hydrogen-bond donors (Lipinski definition) is 1. The first-order valence-electron chi connectivity index (χ1n) is 8.00. The number of anilines is 2. The minimum atomic E-state index is -0.844. The van der Waals surface area contributed by atoms with Crippen molar-refractivity contribution >= 4 is 23.4 Å². The molecule has 0 saturated carbocycles. The summed E-state index contributed by atoms with van der Waals surface area (Å²) in [6.45, 7) is 2.57. The highest BCUT2D eigenvalue weighted by Crippen LogP contribution is 2.30. The van der Waals surface area contributed by atoms with Crippen molar-refractivity contribution in [1.29, 1.82) is 0 Å². The summed E-state index contributed by atoms with van der Waals surface area (Å²) < 4.78 is 0. The predicted octanol–water partition coefficient (Wildman–Crippen LogP) is 3.60. The molecule has 5 nitrogen and oxygen atoms in total. The number of carbonyl (C=O) groups excluding carboxylic acids is 1. The van der Waals surface area contributed by atoms with Gasteiger partial charge in [0.05, 0.1) is 17.3 Å². The number of benzene rings is 2. The Bertz CT molecular complexity index is 678. The van der Waals surface area contributed by atoms with E-state index in [0.717, 1.165) is 11.4 Å². The SMILES string of the molecule is C[C@@H]1CN(C(=O)N(c2ccccc2)c2ccccc2)C[C@H]1C(=O)O. The summed E-state index contributed by atoms with van der Waals surface area (Å²) in [6, 6.07) is 18.6. The molecule has 1 fully saturated rings. The molecule has 124 valence electrons. The molecule has 1 N–H and O–H groups in total. The highest BCUT2D eigenvalue weighted by Gasteiger charge is 2.38. The molecule has 2 aromatic rings. The molecular formula is C19H20N2O3. The number of carbonyl (C=O) groups is 2. The van der Waals surface area contributed by atoms with Gasteiger partial charge in [-0.3, -0.25) is 9.69 Å². The third kappa shape index (κ3) is 3.11. The van der Waals surface area contributed by atoms with E-state index >= 15 is 0 Å². The van der Waals surface area contributed by atoms with Crippen LogP contribution in [-0.2, 0) is 4.79 Å². The molecule has 24 heavy (non-hydrogen) atoms. The fourth-order valence-corrected chi connectivity index (χ4v) is 3.11. The zero-order valence-electron chi connectivity index (χ0n) is 13.5. The topological polar surface area (TPSA) is 60.9 Å². The molecule has 0 aliphatic carbocycles. The molecule has 1 heterocycles. The molecule has 0 spiro atoms.